The highest BCUT2D eigenvalue weighted by Crippen LogP contribution is 2.45. The van der Waals surface area contributed by atoms with E-state index in [-0.39, 0.29) is 41.1 Å². The van der Waals surface area contributed by atoms with Crippen molar-refractivity contribution in [1.82, 2.24) is 9.80 Å². The lowest BCUT2D eigenvalue weighted by molar-refractivity contribution is -0.130. The summed E-state index contributed by atoms with van der Waals surface area (Å²) >= 11 is 0. The molecule has 4 rings (SSSR count). The quantitative estimate of drug-likeness (QED) is 0.863. The fourth-order valence-electron chi connectivity index (χ4n) is 4.51. The van der Waals surface area contributed by atoms with Gasteiger partial charge in [-0.05, 0) is 29.8 Å². The summed E-state index contributed by atoms with van der Waals surface area (Å²) < 4.78 is 27.0. The summed E-state index contributed by atoms with van der Waals surface area (Å²) in [6.45, 7) is 2.79. The lowest BCUT2D eigenvalue weighted by Crippen LogP contribution is -2.36. The molecule has 0 aliphatic carbocycles. The van der Waals surface area contributed by atoms with Crippen LogP contribution in [0.15, 0.2) is 42.5 Å². The molecule has 2 aromatic carbocycles. The lowest BCUT2D eigenvalue weighted by Gasteiger charge is -2.29. The Hall–Kier alpha value is -2.96. The second-order valence-electron chi connectivity index (χ2n) is 7.47. The van der Waals surface area contributed by atoms with Gasteiger partial charge in [-0.25, -0.2) is 8.78 Å². The topological polar surface area (TPSA) is 60.9 Å². The minimum absolute atomic E-state index is 0.0303. The van der Waals surface area contributed by atoms with E-state index in [0.29, 0.717) is 25.2 Å². The molecule has 0 bridgehead atoms. The van der Waals surface area contributed by atoms with Crippen molar-refractivity contribution in [2.45, 2.75) is 13.0 Å². The number of amides is 2. The van der Waals surface area contributed by atoms with Gasteiger partial charge in [0, 0.05) is 44.5 Å². The third-order valence-electron chi connectivity index (χ3n) is 5.74. The van der Waals surface area contributed by atoms with Gasteiger partial charge in [-0.1, -0.05) is 12.1 Å². The van der Waals surface area contributed by atoms with Crippen LogP contribution in [0.4, 0.5) is 8.78 Å². The minimum Gasteiger partial charge on any atom is -0.507 e. The molecule has 5 nitrogen and oxygen atoms in total. The average Bonchev–Trinajstić information content (AvgIpc) is 3.19. The Morgan fingerprint density at radius 1 is 1.04 bits per heavy atom. The van der Waals surface area contributed by atoms with Gasteiger partial charge < -0.3 is 14.9 Å². The predicted molar refractivity (Wildman–Crippen MR) is 97.5 cm³/mol. The molecule has 2 heterocycles. The standard InChI is InChI=1S/C21H20F2N2O3/c1-12(26)25-10-14-9-24(21(28)17-6-5-16(23)8-19(17)27)11-18(14)20(25)13-3-2-4-15(22)7-13/h2-8,14,18,20,27H,9-11H2,1H3/t14-,18-,20+/m1/s1. The highest BCUT2D eigenvalue weighted by atomic mass is 19.1. The smallest absolute Gasteiger partial charge is 0.257 e. The minimum atomic E-state index is -0.615. The van der Waals surface area contributed by atoms with E-state index in [2.05, 4.69) is 0 Å². The first-order valence-electron chi connectivity index (χ1n) is 9.15. The molecule has 2 aliphatic heterocycles. The van der Waals surface area contributed by atoms with Gasteiger partial charge in [0.15, 0.2) is 0 Å². The molecule has 0 radical (unpaired) electrons. The van der Waals surface area contributed by atoms with E-state index < -0.39 is 11.6 Å². The van der Waals surface area contributed by atoms with Crippen LogP contribution in [-0.2, 0) is 4.79 Å². The second kappa shape index (κ2) is 6.89. The Balaban J connectivity index is 1.61. The van der Waals surface area contributed by atoms with E-state index in [1.54, 1.807) is 21.9 Å². The first-order chi connectivity index (χ1) is 13.3. The van der Waals surface area contributed by atoms with Gasteiger partial charge in [0.2, 0.25) is 5.91 Å². The summed E-state index contributed by atoms with van der Waals surface area (Å²) in [5, 5.41) is 9.92. The zero-order valence-electron chi connectivity index (χ0n) is 15.3. The molecule has 0 saturated carbocycles. The van der Waals surface area contributed by atoms with Crippen LogP contribution in [0.5, 0.6) is 5.75 Å². The number of hydrogen-bond acceptors (Lipinski definition) is 3. The molecule has 2 aliphatic rings. The van der Waals surface area contributed by atoms with Crippen LogP contribution < -0.4 is 0 Å². The number of rotatable bonds is 2. The van der Waals surface area contributed by atoms with Gasteiger partial charge >= 0.3 is 0 Å². The Morgan fingerprint density at radius 2 is 1.79 bits per heavy atom. The third kappa shape index (κ3) is 3.10. The average molecular weight is 386 g/mol. The highest BCUT2D eigenvalue weighted by Gasteiger charge is 2.49. The Morgan fingerprint density at radius 3 is 2.46 bits per heavy atom. The van der Waals surface area contributed by atoms with Crippen molar-refractivity contribution >= 4 is 11.8 Å². The highest BCUT2D eigenvalue weighted by molar-refractivity contribution is 5.97. The fourth-order valence-corrected chi connectivity index (χ4v) is 4.51. The van der Waals surface area contributed by atoms with Gasteiger partial charge in [0.25, 0.3) is 5.91 Å². The first kappa shape index (κ1) is 18.4. The van der Waals surface area contributed by atoms with E-state index in [0.717, 1.165) is 12.1 Å². The maximum atomic E-state index is 13.8. The van der Waals surface area contributed by atoms with Crippen molar-refractivity contribution in [1.29, 1.82) is 0 Å². The Kier molecular flexibility index (Phi) is 4.53. The van der Waals surface area contributed by atoms with Gasteiger partial charge in [-0.15, -0.1) is 0 Å². The van der Waals surface area contributed by atoms with Crippen molar-refractivity contribution in [2.24, 2.45) is 11.8 Å². The maximum Gasteiger partial charge on any atom is 0.257 e. The van der Waals surface area contributed by atoms with Crippen molar-refractivity contribution in [3.8, 4) is 5.75 Å². The van der Waals surface area contributed by atoms with Crippen LogP contribution >= 0.6 is 0 Å². The number of likely N-dealkylation sites (tertiary alicyclic amines) is 2. The summed E-state index contributed by atoms with van der Waals surface area (Å²) in [4.78, 5) is 28.3. The van der Waals surface area contributed by atoms with Crippen LogP contribution in [-0.4, -0.2) is 46.4 Å². The summed E-state index contributed by atoms with van der Waals surface area (Å²) in [6.07, 6.45) is 0. The maximum absolute atomic E-state index is 13.8. The van der Waals surface area contributed by atoms with Crippen LogP contribution in [0.2, 0.25) is 0 Å². The number of phenols is 1. The Labute approximate surface area is 161 Å². The number of carbonyl (C=O) groups is 2. The monoisotopic (exact) mass is 386 g/mol. The summed E-state index contributed by atoms with van der Waals surface area (Å²) in [6, 6.07) is 9.21. The fraction of sp³-hybridized carbons (Fsp3) is 0.333. The molecule has 1 N–H and O–H groups in total. The van der Waals surface area contributed by atoms with Gasteiger partial charge in [-0.3, -0.25) is 9.59 Å². The number of benzene rings is 2. The molecular formula is C21H20F2N2O3. The van der Waals surface area contributed by atoms with Crippen LogP contribution in [0.3, 0.4) is 0 Å². The van der Waals surface area contributed by atoms with Crippen molar-refractivity contribution in [3.05, 3.63) is 65.2 Å². The molecule has 0 unspecified atom stereocenters. The zero-order chi connectivity index (χ0) is 20.0. The number of aromatic hydroxyl groups is 1. The van der Waals surface area contributed by atoms with Crippen LogP contribution in [0, 0.1) is 23.5 Å². The van der Waals surface area contributed by atoms with Crippen LogP contribution in [0.25, 0.3) is 0 Å². The third-order valence-corrected chi connectivity index (χ3v) is 5.74. The lowest BCUT2D eigenvalue weighted by atomic mass is 9.89. The number of hydrogen-bond donors (Lipinski definition) is 1. The number of halogens is 2. The number of phenolic OH excluding ortho intramolecular Hbond substituents is 1. The van der Waals surface area contributed by atoms with Gasteiger partial charge in [0.05, 0.1) is 11.6 Å². The van der Waals surface area contributed by atoms with E-state index in [4.69, 9.17) is 0 Å². The van der Waals surface area contributed by atoms with E-state index in [1.165, 1.54) is 25.1 Å². The van der Waals surface area contributed by atoms with Gasteiger partial charge in [0.1, 0.15) is 17.4 Å². The SMILES string of the molecule is CC(=O)N1C[C@H]2CN(C(=O)c3ccc(F)cc3O)C[C@H]2[C@@H]1c1cccc(F)c1. The van der Waals surface area contributed by atoms with Crippen molar-refractivity contribution in [2.75, 3.05) is 19.6 Å². The van der Waals surface area contributed by atoms with E-state index in [9.17, 15) is 23.5 Å². The largest absolute Gasteiger partial charge is 0.507 e. The van der Waals surface area contributed by atoms with Crippen molar-refractivity contribution in [3.63, 3.8) is 0 Å². The van der Waals surface area contributed by atoms with Crippen molar-refractivity contribution < 1.29 is 23.5 Å². The van der Waals surface area contributed by atoms with Gasteiger partial charge in [-0.2, -0.15) is 0 Å². The molecule has 146 valence electrons. The van der Waals surface area contributed by atoms with E-state index >= 15 is 0 Å². The molecule has 0 aromatic heterocycles. The predicted octanol–water partition coefficient (Wildman–Crippen LogP) is 2.96. The number of fused-ring (bicyclic) bond motifs is 1. The number of nitrogens with zero attached hydrogens (tertiary/aromatic N) is 2. The molecule has 2 amide bonds. The summed E-state index contributed by atoms with van der Waals surface area (Å²) in [5.41, 5.74) is 0.758. The zero-order valence-corrected chi connectivity index (χ0v) is 15.3. The molecule has 3 atom stereocenters. The second-order valence-corrected chi connectivity index (χ2v) is 7.47. The molecule has 28 heavy (non-hydrogen) atoms. The Bertz CT molecular complexity index is 949. The summed E-state index contributed by atoms with van der Waals surface area (Å²) in [5.74, 6) is -1.81. The molecule has 2 aromatic rings. The molecule has 2 saturated heterocycles. The molecule has 2 fully saturated rings. The number of carbonyl (C=O) groups excluding carboxylic acids is 2. The first-order valence-corrected chi connectivity index (χ1v) is 9.15. The molecule has 0 spiro atoms. The molecule has 7 heteroatoms. The van der Waals surface area contributed by atoms with Crippen LogP contribution in [0.1, 0.15) is 28.9 Å². The molecular weight excluding hydrogens is 366 g/mol. The normalized spacial score (nSPS) is 23.8. The summed E-state index contributed by atoms with van der Waals surface area (Å²) in [7, 11) is 0. The van der Waals surface area contributed by atoms with E-state index in [1.807, 2.05) is 0 Å².